The third-order valence-electron chi connectivity index (χ3n) is 5.11. The molecule has 3 aromatic rings. The zero-order chi connectivity index (χ0) is 23.0. The standard InChI is InChI=1S/C23H24ClN5O3S/c24-18-10-8-17(9-11-18)21-27-28-23(29(21)14-19-7-4-12-32-19)33-15-20(30)26-22(31)25-13-16-5-2-1-3-6-16/h1-3,5-6,8-11,19H,4,7,12-15H2,(H2,25,26,30,31)/t19-/m1/s1. The number of nitrogens with zero attached hydrogens (tertiary/aromatic N) is 3. The summed E-state index contributed by atoms with van der Waals surface area (Å²) in [4.78, 5) is 24.4. The highest BCUT2D eigenvalue weighted by Crippen LogP contribution is 2.27. The molecule has 8 nitrogen and oxygen atoms in total. The Bertz CT molecular complexity index is 1090. The maximum absolute atomic E-state index is 12.3. The number of thioether (sulfide) groups is 1. The minimum Gasteiger partial charge on any atom is -0.376 e. The van der Waals surface area contributed by atoms with E-state index in [4.69, 9.17) is 16.3 Å². The Morgan fingerprint density at radius 3 is 2.64 bits per heavy atom. The first-order chi connectivity index (χ1) is 16.1. The molecule has 1 aromatic heterocycles. The average Bonchev–Trinajstić information content (AvgIpc) is 3.48. The molecule has 0 bridgehead atoms. The highest BCUT2D eigenvalue weighted by molar-refractivity contribution is 7.99. The van der Waals surface area contributed by atoms with Crippen molar-refractivity contribution in [1.29, 1.82) is 0 Å². The smallest absolute Gasteiger partial charge is 0.321 e. The second-order valence-electron chi connectivity index (χ2n) is 7.56. The summed E-state index contributed by atoms with van der Waals surface area (Å²) in [5.41, 5.74) is 1.83. The van der Waals surface area contributed by atoms with Crippen LogP contribution in [0.3, 0.4) is 0 Å². The van der Waals surface area contributed by atoms with Crippen LogP contribution in [0.2, 0.25) is 5.02 Å². The maximum atomic E-state index is 12.3. The SMILES string of the molecule is O=C(CSc1nnc(-c2ccc(Cl)cc2)n1C[C@H]1CCCO1)NC(=O)NCc1ccccc1. The first-order valence-electron chi connectivity index (χ1n) is 10.6. The van der Waals surface area contributed by atoms with Gasteiger partial charge in [-0.15, -0.1) is 10.2 Å². The molecule has 0 saturated carbocycles. The molecule has 1 fully saturated rings. The van der Waals surface area contributed by atoms with Crippen molar-refractivity contribution in [1.82, 2.24) is 25.4 Å². The normalized spacial score (nSPS) is 15.4. The van der Waals surface area contributed by atoms with E-state index in [1.807, 2.05) is 47.0 Å². The fraction of sp³-hybridized carbons (Fsp3) is 0.304. The molecule has 1 aliphatic heterocycles. The molecule has 0 radical (unpaired) electrons. The van der Waals surface area contributed by atoms with Gasteiger partial charge in [-0.1, -0.05) is 53.7 Å². The van der Waals surface area contributed by atoms with Gasteiger partial charge in [0.25, 0.3) is 0 Å². The monoisotopic (exact) mass is 485 g/mol. The molecule has 1 aliphatic rings. The van der Waals surface area contributed by atoms with E-state index in [0.717, 1.165) is 30.6 Å². The highest BCUT2D eigenvalue weighted by atomic mass is 35.5. The van der Waals surface area contributed by atoms with E-state index >= 15 is 0 Å². The van der Waals surface area contributed by atoms with Crippen LogP contribution in [0.25, 0.3) is 11.4 Å². The molecular formula is C23H24ClN5O3S. The van der Waals surface area contributed by atoms with Crippen molar-refractivity contribution in [3.63, 3.8) is 0 Å². The summed E-state index contributed by atoms with van der Waals surface area (Å²) in [7, 11) is 0. The average molecular weight is 486 g/mol. The molecule has 3 amide bonds. The number of ether oxygens (including phenoxy) is 1. The number of halogens is 1. The third-order valence-corrected chi connectivity index (χ3v) is 6.33. The summed E-state index contributed by atoms with van der Waals surface area (Å²) in [5.74, 6) is 0.305. The Morgan fingerprint density at radius 2 is 1.91 bits per heavy atom. The largest absolute Gasteiger partial charge is 0.376 e. The molecule has 4 rings (SSSR count). The van der Waals surface area contributed by atoms with Crippen molar-refractivity contribution in [2.75, 3.05) is 12.4 Å². The lowest BCUT2D eigenvalue weighted by atomic mass is 10.2. The zero-order valence-corrected chi connectivity index (χ0v) is 19.4. The van der Waals surface area contributed by atoms with Gasteiger partial charge in [0.1, 0.15) is 0 Å². The fourth-order valence-electron chi connectivity index (χ4n) is 3.48. The van der Waals surface area contributed by atoms with Gasteiger partial charge in [-0.25, -0.2) is 4.79 Å². The Balaban J connectivity index is 1.37. The fourth-order valence-corrected chi connectivity index (χ4v) is 4.35. The van der Waals surface area contributed by atoms with Crippen LogP contribution >= 0.6 is 23.4 Å². The number of benzene rings is 2. The van der Waals surface area contributed by atoms with Crippen LogP contribution in [0, 0.1) is 0 Å². The number of carbonyl (C=O) groups is 2. The lowest BCUT2D eigenvalue weighted by Gasteiger charge is -2.14. The summed E-state index contributed by atoms with van der Waals surface area (Å²) in [6.07, 6.45) is 2.06. The molecule has 1 saturated heterocycles. The van der Waals surface area contributed by atoms with E-state index in [1.165, 1.54) is 11.8 Å². The van der Waals surface area contributed by atoms with E-state index in [0.29, 0.717) is 29.1 Å². The Hall–Kier alpha value is -2.88. The van der Waals surface area contributed by atoms with Gasteiger partial charge in [0.15, 0.2) is 11.0 Å². The molecule has 172 valence electrons. The number of nitrogens with one attached hydrogen (secondary N) is 2. The Labute approximate surface area is 201 Å². The number of urea groups is 1. The van der Waals surface area contributed by atoms with Crippen LogP contribution < -0.4 is 10.6 Å². The first kappa shape index (κ1) is 23.3. The van der Waals surface area contributed by atoms with Crippen LogP contribution in [0.1, 0.15) is 18.4 Å². The van der Waals surface area contributed by atoms with Crippen LogP contribution in [-0.2, 0) is 22.6 Å². The Morgan fingerprint density at radius 1 is 1.12 bits per heavy atom. The van der Waals surface area contributed by atoms with Gasteiger partial charge in [-0.2, -0.15) is 0 Å². The molecule has 33 heavy (non-hydrogen) atoms. The topological polar surface area (TPSA) is 98.1 Å². The predicted octanol–water partition coefficient (Wildman–Crippen LogP) is 3.90. The van der Waals surface area contributed by atoms with Gasteiger partial charge < -0.3 is 10.1 Å². The van der Waals surface area contributed by atoms with Crippen LogP contribution in [-0.4, -0.2) is 45.2 Å². The minimum atomic E-state index is -0.535. The van der Waals surface area contributed by atoms with E-state index in [1.54, 1.807) is 12.1 Å². The van der Waals surface area contributed by atoms with Crippen LogP contribution in [0.4, 0.5) is 4.79 Å². The lowest BCUT2D eigenvalue weighted by Crippen LogP contribution is -2.40. The molecule has 10 heteroatoms. The van der Waals surface area contributed by atoms with Crippen LogP contribution in [0.5, 0.6) is 0 Å². The molecule has 2 N–H and O–H groups in total. The number of aromatic nitrogens is 3. The van der Waals surface area contributed by atoms with Crippen molar-refractivity contribution in [2.24, 2.45) is 0 Å². The summed E-state index contributed by atoms with van der Waals surface area (Å²) in [6.45, 7) is 1.67. The molecule has 0 unspecified atom stereocenters. The van der Waals surface area contributed by atoms with Gasteiger partial charge >= 0.3 is 6.03 Å². The van der Waals surface area contributed by atoms with Crippen molar-refractivity contribution in [3.8, 4) is 11.4 Å². The van der Waals surface area contributed by atoms with Gasteiger partial charge in [0, 0.05) is 23.7 Å². The van der Waals surface area contributed by atoms with Crippen molar-refractivity contribution in [2.45, 2.75) is 37.2 Å². The van der Waals surface area contributed by atoms with E-state index in [9.17, 15) is 9.59 Å². The van der Waals surface area contributed by atoms with E-state index < -0.39 is 11.9 Å². The van der Waals surface area contributed by atoms with Gasteiger partial charge in [0.05, 0.1) is 18.4 Å². The number of carbonyl (C=O) groups excluding carboxylic acids is 2. The summed E-state index contributed by atoms with van der Waals surface area (Å²) < 4.78 is 7.76. The lowest BCUT2D eigenvalue weighted by molar-refractivity contribution is -0.117. The quantitative estimate of drug-likeness (QED) is 0.470. The number of hydrogen-bond donors (Lipinski definition) is 2. The summed E-state index contributed by atoms with van der Waals surface area (Å²) in [5, 5.41) is 14.9. The minimum absolute atomic E-state index is 0.0308. The van der Waals surface area contributed by atoms with Gasteiger partial charge in [0.2, 0.25) is 5.91 Å². The zero-order valence-electron chi connectivity index (χ0n) is 17.9. The summed E-state index contributed by atoms with van der Waals surface area (Å²) >= 11 is 7.25. The maximum Gasteiger partial charge on any atom is 0.321 e. The van der Waals surface area contributed by atoms with E-state index in [2.05, 4.69) is 20.8 Å². The van der Waals surface area contributed by atoms with Crippen LogP contribution in [0.15, 0.2) is 59.8 Å². The molecule has 1 atom stereocenters. The number of amides is 3. The van der Waals surface area contributed by atoms with Crippen molar-refractivity contribution >= 4 is 35.3 Å². The molecule has 0 spiro atoms. The van der Waals surface area contributed by atoms with Gasteiger partial charge in [-0.3, -0.25) is 14.7 Å². The second kappa shape index (κ2) is 11.3. The number of hydrogen-bond acceptors (Lipinski definition) is 6. The number of rotatable bonds is 8. The highest BCUT2D eigenvalue weighted by Gasteiger charge is 2.22. The van der Waals surface area contributed by atoms with Gasteiger partial charge in [-0.05, 0) is 42.7 Å². The van der Waals surface area contributed by atoms with E-state index in [-0.39, 0.29) is 11.9 Å². The first-order valence-corrected chi connectivity index (χ1v) is 12.0. The van der Waals surface area contributed by atoms with Crippen molar-refractivity contribution in [3.05, 3.63) is 65.2 Å². The number of imide groups is 1. The Kier molecular flexibility index (Phi) is 7.98. The molecular weight excluding hydrogens is 462 g/mol. The molecule has 0 aliphatic carbocycles. The third kappa shape index (κ3) is 6.56. The molecule has 2 heterocycles. The molecule has 2 aromatic carbocycles. The second-order valence-corrected chi connectivity index (χ2v) is 8.94. The predicted molar refractivity (Wildman–Crippen MR) is 127 cm³/mol. The summed E-state index contributed by atoms with van der Waals surface area (Å²) in [6, 6.07) is 16.3. The van der Waals surface area contributed by atoms with Crippen molar-refractivity contribution < 1.29 is 14.3 Å².